The van der Waals surface area contributed by atoms with Crippen LogP contribution < -0.4 is 0 Å². The fourth-order valence-electron chi connectivity index (χ4n) is 1.39. The summed E-state index contributed by atoms with van der Waals surface area (Å²) in [4.78, 5) is 10.5. The van der Waals surface area contributed by atoms with Crippen molar-refractivity contribution in [2.24, 2.45) is 11.3 Å². The summed E-state index contributed by atoms with van der Waals surface area (Å²) in [7, 11) is 0. The summed E-state index contributed by atoms with van der Waals surface area (Å²) in [6, 6.07) is 0. The van der Waals surface area contributed by atoms with Crippen molar-refractivity contribution in [2.75, 3.05) is 0 Å². The summed E-state index contributed by atoms with van der Waals surface area (Å²) >= 11 is 0. The Bertz CT molecular complexity index is 234. The molecule has 0 heterocycles. The van der Waals surface area contributed by atoms with Gasteiger partial charge in [-0.2, -0.15) is 13.2 Å². The summed E-state index contributed by atoms with van der Waals surface area (Å²) < 4.78 is 36.9. The monoisotopic (exact) mass is 240 g/mol. The zero-order valence-electron chi connectivity index (χ0n) is 9.90. The van der Waals surface area contributed by atoms with Crippen LogP contribution in [-0.2, 0) is 4.79 Å². The maximum Gasteiger partial charge on any atom is 0.402 e. The molecular formula is C11H19F3O2. The van der Waals surface area contributed by atoms with Crippen LogP contribution >= 0.6 is 0 Å². The number of carboxylic acid groups (broad SMARTS) is 1. The van der Waals surface area contributed by atoms with Crippen LogP contribution in [0.25, 0.3) is 0 Å². The predicted octanol–water partition coefficient (Wildman–Crippen LogP) is 3.86. The lowest BCUT2D eigenvalue weighted by atomic mass is 9.83. The van der Waals surface area contributed by atoms with Crippen molar-refractivity contribution in [1.82, 2.24) is 0 Å². The highest BCUT2D eigenvalue weighted by Gasteiger charge is 2.44. The molecule has 1 atom stereocenters. The van der Waals surface area contributed by atoms with Crippen LogP contribution in [-0.4, -0.2) is 17.3 Å². The van der Waals surface area contributed by atoms with Gasteiger partial charge in [0, 0.05) is 0 Å². The maximum atomic E-state index is 12.3. The number of hydrogen-bond acceptors (Lipinski definition) is 1. The first-order valence-electron chi connectivity index (χ1n) is 5.39. The molecule has 0 saturated carbocycles. The second kappa shape index (κ2) is 5.55. The second-order valence-electron chi connectivity index (χ2n) is 4.84. The average molecular weight is 240 g/mol. The number of halogens is 3. The number of aliphatic carboxylic acids is 1. The molecule has 96 valence electrons. The first-order chi connectivity index (χ1) is 7.10. The van der Waals surface area contributed by atoms with Gasteiger partial charge in [0.15, 0.2) is 5.92 Å². The molecule has 0 spiro atoms. The van der Waals surface area contributed by atoms with E-state index < -0.39 is 18.1 Å². The molecule has 0 amide bonds. The van der Waals surface area contributed by atoms with Gasteiger partial charge in [-0.3, -0.25) is 4.79 Å². The first kappa shape index (κ1) is 15.3. The summed E-state index contributed by atoms with van der Waals surface area (Å²) in [5.41, 5.74) is -0.0192. The van der Waals surface area contributed by atoms with Crippen molar-refractivity contribution in [1.29, 1.82) is 0 Å². The average Bonchev–Trinajstić information content (AvgIpc) is 2.09. The van der Waals surface area contributed by atoms with Gasteiger partial charge in [0.25, 0.3) is 0 Å². The van der Waals surface area contributed by atoms with Crippen molar-refractivity contribution in [3.63, 3.8) is 0 Å². The molecule has 0 radical (unpaired) electrons. The topological polar surface area (TPSA) is 37.3 Å². The van der Waals surface area contributed by atoms with Crippen molar-refractivity contribution < 1.29 is 23.1 Å². The van der Waals surface area contributed by atoms with Crippen LogP contribution in [0.5, 0.6) is 0 Å². The van der Waals surface area contributed by atoms with E-state index in [1.807, 2.05) is 20.8 Å². The Morgan fingerprint density at radius 1 is 1.31 bits per heavy atom. The van der Waals surface area contributed by atoms with Crippen LogP contribution in [0.4, 0.5) is 13.2 Å². The van der Waals surface area contributed by atoms with Gasteiger partial charge in [-0.05, 0) is 18.3 Å². The molecule has 0 saturated heterocycles. The molecule has 16 heavy (non-hydrogen) atoms. The van der Waals surface area contributed by atoms with Gasteiger partial charge < -0.3 is 5.11 Å². The highest BCUT2D eigenvalue weighted by atomic mass is 19.4. The van der Waals surface area contributed by atoms with E-state index in [9.17, 15) is 18.0 Å². The zero-order chi connectivity index (χ0) is 13.0. The highest BCUT2D eigenvalue weighted by Crippen LogP contribution is 2.33. The van der Waals surface area contributed by atoms with E-state index in [0.717, 1.165) is 6.42 Å². The molecule has 2 nitrogen and oxygen atoms in total. The summed E-state index contributed by atoms with van der Waals surface area (Å²) in [6.45, 7) is 5.91. The predicted molar refractivity (Wildman–Crippen MR) is 55.1 cm³/mol. The maximum absolute atomic E-state index is 12.3. The molecule has 0 aliphatic carbocycles. The lowest BCUT2D eigenvalue weighted by molar-refractivity contribution is -0.195. The van der Waals surface area contributed by atoms with Crippen LogP contribution in [0, 0.1) is 11.3 Å². The highest BCUT2D eigenvalue weighted by molar-refractivity contribution is 5.70. The Morgan fingerprint density at radius 3 is 2.12 bits per heavy atom. The Hall–Kier alpha value is -0.740. The van der Waals surface area contributed by atoms with Crippen molar-refractivity contribution >= 4 is 5.97 Å². The third kappa shape index (κ3) is 5.37. The Kier molecular flexibility index (Phi) is 5.29. The minimum absolute atomic E-state index is 0.0192. The van der Waals surface area contributed by atoms with E-state index in [1.165, 1.54) is 0 Å². The van der Waals surface area contributed by atoms with Crippen molar-refractivity contribution in [2.45, 2.75) is 52.6 Å². The molecule has 0 aromatic carbocycles. The number of rotatable bonds is 6. The smallest absolute Gasteiger partial charge is 0.402 e. The summed E-state index contributed by atoms with van der Waals surface area (Å²) in [6.07, 6.45) is -3.19. The molecule has 0 bridgehead atoms. The van der Waals surface area contributed by atoms with E-state index in [-0.39, 0.29) is 18.3 Å². The van der Waals surface area contributed by atoms with Gasteiger partial charge >= 0.3 is 12.1 Å². The van der Waals surface area contributed by atoms with Gasteiger partial charge in [-0.1, -0.05) is 33.6 Å². The third-order valence-corrected chi connectivity index (χ3v) is 3.00. The van der Waals surface area contributed by atoms with Crippen molar-refractivity contribution in [3.05, 3.63) is 0 Å². The van der Waals surface area contributed by atoms with E-state index in [1.54, 1.807) is 0 Å². The Balaban J connectivity index is 4.21. The molecular weight excluding hydrogens is 221 g/mol. The van der Waals surface area contributed by atoms with Crippen LogP contribution in [0.1, 0.15) is 46.5 Å². The zero-order valence-corrected chi connectivity index (χ0v) is 9.90. The fraction of sp³-hybridized carbons (Fsp3) is 0.909. The van der Waals surface area contributed by atoms with E-state index >= 15 is 0 Å². The molecule has 5 heteroatoms. The molecule has 0 aliphatic heterocycles. The normalized spacial score (nSPS) is 14.9. The minimum Gasteiger partial charge on any atom is -0.481 e. The molecule has 0 aromatic rings. The third-order valence-electron chi connectivity index (χ3n) is 3.00. The van der Waals surface area contributed by atoms with Gasteiger partial charge in [0.2, 0.25) is 0 Å². The molecule has 0 rings (SSSR count). The largest absolute Gasteiger partial charge is 0.481 e. The van der Waals surface area contributed by atoms with E-state index in [0.29, 0.717) is 6.42 Å². The number of alkyl halides is 3. The SMILES string of the molecule is CCC(C)(C)CCCC(C(=O)O)C(F)(F)F. The van der Waals surface area contributed by atoms with Crippen LogP contribution in [0.15, 0.2) is 0 Å². The number of carboxylic acids is 1. The van der Waals surface area contributed by atoms with Gasteiger partial charge in [-0.25, -0.2) is 0 Å². The molecule has 0 aliphatic rings. The van der Waals surface area contributed by atoms with Gasteiger partial charge in [0.05, 0.1) is 0 Å². The first-order valence-corrected chi connectivity index (χ1v) is 5.39. The number of carbonyl (C=O) groups is 1. The van der Waals surface area contributed by atoms with E-state index in [4.69, 9.17) is 5.11 Å². The Labute approximate surface area is 93.8 Å². The summed E-state index contributed by atoms with van der Waals surface area (Å²) in [5.74, 6) is -4.00. The Morgan fingerprint density at radius 2 is 1.81 bits per heavy atom. The molecule has 1 unspecified atom stereocenters. The minimum atomic E-state index is -4.64. The van der Waals surface area contributed by atoms with E-state index in [2.05, 4.69) is 0 Å². The lowest BCUT2D eigenvalue weighted by Crippen LogP contribution is -2.30. The van der Waals surface area contributed by atoms with Gasteiger partial charge in [0.1, 0.15) is 0 Å². The van der Waals surface area contributed by atoms with Gasteiger partial charge in [-0.15, -0.1) is 0 Å². The second-order valence-corrected chi connectivity index (χ2v) is 4.84. The van der Waals surface area contributed by atoms with Crippen LogP contribution in [0.2, 0.25) is 0 Å². The summed E-state index contributed by atoms with van der Waals surface area (Å²) in [5, 5.41) is 8.48. The quantitative estimate of drug-likeness (QED) is 0.765. The molecule has 0 fully saturated rings. The molecule has 0 aromatic heterocycles. The van der Waals surface area contributed by atoms with Crippen molar-refractivity contribution in [3.8, 4) is 0 Å². The fourth-order valence-corrected chi connectivity index (χ4v) is 1.39. The van der Waals surface area contributed by atoms with Crippen LogP contribution in [0.3, 0.4) is 0 Å². The molecule has 1 N–H and O–H groups in total. The number of hydrogen-bond donors (Lipinski definition) is 1. The standard InChI is InChI=1S/C11H19F3O2/c1-4-10(2,3)7-5-6-8(9(15)16)11(12,13)14/h8H,4-7H2,1-3H3,(H,15,16). The lowest BCUT2D eigenvalue weighted by Gasteiger charge is -2.23.